The maximum absolute atomic E-state index is 13.5. The van der Waals surface area contributed by atoms with Gasteiger partial charge in [-0.05, 0) is 34.6 Å². The fraction of sp³-hybridized carbons (Fsp3) is 0.458. The van der Waals surface area contributed by atoms with Crippen LogP contribution in [0.1, 0.15) is 50.1 Å². The molecule has 0 N–H and O–H groups in total. The van der Waals surface area contributed by atoms with E-state index in [-0.39, 0.29) is 35.6 Å². The van der Waals surface area contributed by atoms with E-state index in [1.807, 2.05) is 38.3 Å². The number of hydrogen-bond donors (Lipinski definition) is 0. The Morgan fingerprint density at radius 3 is 2.56 bits per heavy atom. The Balaban J connectivity index is 1.84. The lowest BCUT2D eigenvalue weighted by atomic mass is 9.91. The van der Waals surface area contributed by atoms with Gasteiger partial charge in [0.25, 0.3) is 5.91 Å². The molecule has 0 spiro atoms. The summed E-state index contributed by atoms with van der Waals surface area (Å²) in [6, 6.07) is 9.70. The van der Waals surface area contributed by atoms with Gasteiger partial charge in [0.15, 0.2) is 0 Å². The molecule has 32 heavy (non-hydrogen) atoms. The number of benzene rings is 1. The number of methoxy groups -OCH3 is 1. The third-order valence-electron chi connectivity index (χ3n) is 5.15. The molecule has 1 aliphatic rings. The van der Waals surface area contributed by atoms with Crippen molar-refractivity contribution >= 4 is 28.9 Å². The average Bonchev–Trinajstić information content (AvgIpc) is 3.40. The van der Waals surface area contributed by atoms with Crippen LogP contribution in [0.5, 0.6) is 0 Å². The van der Waals surface area contributed by atoms with Crippen LogP contribution in [-0.2, 0) is 14.3 Å². The first kappa shape index (κ1) is 24.1. The number of hydrogen-bond acceptors (Lipinski definition) is 5. The molecule has 1 atom stereocenters. The molecule has 2 aromatic rings. The summed E-state index contributed by atoms with van der Waals surface area (Å²) in [4.78, 5) is 28.8. The van der Waals surface area contributed by atoms with Gasteiger partial charge in [-0.25, -0.2) is 9.40 Å². The van der Waals surface area contributed by atoms with Crippen molar-refractivity contribution in [1.82, 2.24) is 9.91 Å². The van der Waals surface area contributed by atoms with Crippen LogP contribution in [0.3, 0.4) is 0 Å². The van der Waals surface area contributed by atoms with Crippen LogP contribution in [-0.4, -0.2) is 54.2 Å². The van der Waals surface area contributed by atoms with Crippen molar-refractivity contribution in [3.05, 3.63) is 58.0 Å². The lowest BCUT2D eigenvalue weighted by Gasteiger charge is -2.29. The molecule has 1 aromatic heterocycles. The highest BCUT2D eigenvalue weighted by Crippen LogP contribution is 2.34. The second-order valence-corrected chi connectivity index (χ2v) is 10.0. The molecule has 6 nitrogen and oxygen atoms in total. The highest BCUT2D eigenvalue weighted by Gasteiger charge is 2.35. The first-order valence-corrected chi connectivity index (χ1v) is 11.5. The van der Waals surface area contributed by atoms with Crippen molar-refractivity contribution in [3.8, 4) is 0 Å². The first-order chi connectivity index (χ1) is 15.2. The summed E-state index contributed by atoms with van der Waals surface area (Å²) in [5.74, 6) is -0.699. The maximum atomic E-state index is 13.5. The maximum Gasteiger partial charge on any atom is 0.262 e. The van der Waals surface area contributed by atoms with Gasteiger partial charge in [-0.15, -0.1) is 11.3 Å². The molecular formula is C24H30FN3O3S. The molecule has 0 radical (unpaired) electrons. The average molecular weight is 460 g/mol. The van der Waals surface area contributed by atoms with E-state index in [4.69, 9.17) is 4.74 Å². The number of carbonyl (C=O) groups is 2. The molecule has 2 heterocycles. The van der Waals surface area contributed by atoms with E-state index in [1.54, 1.807) is 30.6 Å². The number of rotatable bonds is 8. The number of hydrazone groups is 1. The minimum Gasteiger partial charge on any atom is -0.383 e. The molecule has 0 aliphatic carbocycles. The first-order valence-electron chi connectivity index (χ1n) is 10.6. The lowest BCUT2D eigenvalue weighted by molar-refractivity contribution is -0.143. The van der Waals surface area contributed by atoms with Gasteiger partial charge in [0.05, 0.1) is 23.2 Å². The van der Waals surface area contributed by atoms with Crippen molar-refractivity contribution in [2.45, 2.75) is 39.7 Å². The van der Waals surface area contributed by atoms with Crippen molar-refractivity contribution in [2.24, 2.45) is 10.5 Å². The molecule has 0 saturated carbocycles. The zero-order valence-electron chi connectivity index (χ0n) is 19.0. The van der Waals surface area contributed by atoms with Gasteiger partial charge in [-0.3, -0.25) is 9.59 Å². The van der Waals surface area contributed by atoms with Crippen LogP contribution in [0.4, 0.5) is 4.39 Å². The van der Waals surface area contributed by atoms with Gasteiger partial charge in [-0.1, -0.05) is 39.0 Å². The molecule has 172 valence electrons. The van der Waals surface area contributed by atoms with Gasteiger partial charge in [-0.2, -0.15) is 5.10 Å². The van der Waals surface area contributed by atoms with E-state index in [9.17, 15) is 14.0 Å². The Kier molecular flexibility index (Phi) is 7.79. The van der Waals surface area contributed by atoms with Crippen molar-refractivity contribution in [1.29, 1.82) is 0 Å². The molecule has 0 unspecified atom stereocenters. The second-order valence-electron chi connectivity index (χ2n) is 9.08. The number of thiophene rings is 1. The minimum atomic E-state index is -0.345. The van der Waals surface area contributed by atoms with Crippen molar-refractivity contribution in [3.63, 3.8) is 0 Å². The van der Waals surface area contributed by atoms with Crippen LogP contribution in [0.25, 0.3) is 0 Å². The van der Waals surface area contributed by atoms with Crippen molar-refractivity contribution in [2.75, 3.05) is 26.8 Å². The molecule has 0 fully saturated rings. The Labute approximate surface area is 192 Å². The minimum absolute atomic E-state index is 0.0861. The van der Waals surface area contributed by atoms with Gasteiger partial charge >= 0.3 is 0 Å². The number of ether oxygens (including phenoxy) is 1. The fourth-order valence-electron chi connectivity index (χ4n) is 3.57. The number of nitrogens with zero attached hydrogens (tertiary/aromatic N) is 3. The van der Waals surface area contributed by atoms with Crippen molar-refractivity contribution < 1.29 is 18.7 Å². The Bertz CT molecular complexity index is 952. The molecule has 0 bridgehead atoms. The molecule has 3 rings (SSSR count). The van der Waals surface area contributed by atoms with Crippen LogP contribution < -0.4 is 0 Å². The fourth-order valence-corrected chi connectivity index (χ4v) is 4.29. The summed E-state index contributed by atoms with van der Waals surface area (Å²) in [7, 11) is 1.57. The molecule has 1 aliphatic heterocycles. The summed E-state index contributed by atoms with van der Waals surface area (Å²) in [6.45, 7) is 6.55. The van der Waals surface area contributed by atoms with E-state index in [0.717, 1.165) is 16.2 Å². The van der Waals surface area contributed by atoms with Gasteiger partial charge in [0, 0.05) is 26.5 Å². The van der Waals surface area contributed by atoms with E-state index in [0.29, 0.717) is 26.0 Å². The van der Waals surface area contributed by atoms with Gasteiger partial charge in [0.2, 0.25) is 5.91 Å². The Hall–Kier alpha value is -2.58. The summed E-state index contributed by atoms with van der Waals surface area (Å²) in [5, 5.41) is 8.04. The Morgan fingerprint density at radius 1 is 1.25 bits per heavy atom. The van der Waals surface area contributed by atoms with Crippen LogP contribution >= 0.6 is 11.3 Å². The molecular weight excluding hydrogens is 429 g/mol. The monoisotopic (exact) mass is 459 g/mol. The summed E-state index contributed by atoms with van der Waals surface area (Å²) < 4.78 is 18.6. The topological polar surface area (TPSA) is 62.2 Å². The number of halogens is 1. The zero-order valence-corrected chi connectivity index (χ0v) is 19.8. The van der Waals surface area contributed by atoms with Gasteiger partial charge in [0.1, 0.15) is 12.4 Å². The third-order valence-corrected chi connectivity index (χ3v) is 6.07. The zero-order chi connectivity index (χ0) is 23.3. The second kappa shape index (κ2) is 10.4. The molecule has 8 heteroatoms. The van der Waals surface area contributed by atoms with Crippen LogP contribution in [0.15, 0.2) is 46.9 Å². The van der Waals surface area contributed by atoms with E-state index in [1.165, 1.54) is 22.0 Å². The smallest absolute Gasteiger partial charge is 0.262 e. The SMILES string of the molecule is COCCN(CC(=O)N1N=C(c2cccs2)C[C@@H]1c1ccc(F)cc1)C(=O)CC(C)(C)C. The van der Waals surface area contributed by atoms with E-state index >= 15 is 0 Å². The lowest BCUT2D eigenvalue weighted by Crippen LogP contribution is -2.43. The molecule has 0 saturated heterocycles. The standard InChI is InChI=1S/C24H30FN3O3S/c1-24(2,3)15-22(29)27(11-12-31-4)16-23(30)28-20(17-7-9-18(25)10-8-17)14-19(26-28)21-6-5-13-32-21/h5-10,13,20H,11-12,14-16H2,1-4H3/t20-/m1/s1. The predicted octanol–water partition coefficient (Wildman–Crippen LogP) is 4.48. The highest BCUT2D eigenvalue weighted by atomic mass is 32.1. The number of carbonyl (C=O) groups excluding carboxylic acids is 2. The van der Waals surface area contributed by atoms with E-state index in [2.05, 4.69) is 5.10 Å². The summed E-state index contributed by atoms with van der Waals surface area (Å²) in [5.41, 5.74) is 1.42. The molecule has 2 amide bonds. The predicted molar refractivity (Wildman–Crippen MR) is 124 cm³/mol. The molecule has 1 aromatic carbocycles. The third kappa shape index (κ3) is 6.23. The van der Waals surface area contributed by atoms with Crippen LogP contribution in [0.2, 0.25) is 0 Å². The van der Waals surface area contributed by atoms with Crippen LogP contribution in [0, 0.1) is 11.2 Å². The quantitative estimate of drug-likeness (QED) is 0.585. The van der Waals surface area contributed by atoms with E-state index < -0.39 is 0 Å². The Morgan fingerprint density at radius 2 is 1.97 bits per heavy atom. The summed E-state index contributed by atoms with van der Waals surface area (Å²) in [6.07, 6.45) is 0.862. The normalized spacial score (nSPS) is 16.2. The number of amides is 2. The van der Waals surface area contributed by atoms with Gasteiger partial charge < -0.3 is 9.64 Å². The highest BCUT2D eigenvalue weighted by molar-refractivity contribution is 7.12. The largest absolute Gasteiger partial charge is 0.383 e. The summed E-state index contributed by atoms with van der Waals surface area (Å²) >= 11 is 1.56.